The van der Waals surface area contributed by atoms with E-state index in [1.807, 2.05) is 0 Å². The van der Waals surface area contributed by atoms with Gasteiger partial charge in [-0.2, -0.15) is 0 Å². The van der Waals surface area contributed by atoms with Gasteiger partial charge in [0.15, 0.2) is 0 Å². The summed E-state index contributed by atoms with van der Waals surface area (Å²) in [6.45, 7) is 0.410. The zero-order valence-corrected chi connectivity index (χ0v) is 10.9. The summed E-state index contributed by atoms with van der Waals surface area (Å²) < 4.78 is 26.3. The fourth-order valence-electron chi connectivity index (χ4n) is 1.84. The number of benzene rings is 2. The Hall–Kier alpha value is -2.27. The van der Waals surface area contributed by atoms with Crippen molar-refractivity contribution in [2.75, 3.05) is 11.9 Å². The summed E-state index contributed by atoms with van der Waals surface area (Å²) in [5.41, 5.74) is 7.02. The topological polar surface area (TPSA) is 46.3 Å². The Bertz CT molecular complexity index is 606. The zero-order chi connectivity index (χ0) is 14.7. The van der Waals surface area contributed by atoms with Gasteiger partial charge in [-0.05, 0) is 29.8 Å². The highest BCUT2D eigenvalue weighted by Crippen LogP contribution is 2.17. The first kappa shape index (κ1) is 14.1. The number of hydrogen-bond donors (Lipinski definition) is 1. The van der Waals surface area contributed by atoms with Crippen LogP contribution in [0, 0.1) is 11.6 Å². The Kier molecular flexibility index (Phi) is 4.10. The Morgan fingerprint density at radius 1 is 1.10 bits per heavy atom. The molecule has 0 heterocycles. The minimum atomic E-state index is -0.778. The Morgan fingerprint density at radius 2 is 1.65 bits per heavy atom. The van der Waals surface area contributed by atoms with Crippen LogP contribution in [0.25, 0.3) is 0 Å². The summed E-state index contributed by atoms with van der Waals surface area (Å²) in [7, 11) is 1.54. The monoisotopic (exact) mass is 276 g/mol. The number of anilines is 1. The highest BCUT2D eigenvalue weighted by molar-refractivity contribution is 6.05. The van der Waals surface area contributed by atoms with E-state index >= 15 is 0 Å². The third-order valence-corrected chi connectivity index (χ3v) is 2.97. The van der Waals surface area contributed by atoms with Crippen molar-refractivity contribution < 1.29 is 13.6 Å². The quantitative estimate of drug-likeness (QED) is 0.937. The van der Waals surface area contributed by atoms with Crippen LogP contribution in [0.5, 0.6) is 0 Å². The van der Waals surface area contributed by atoms with Crippen LogP contribution in [-0.4, -0.2) is 13.0 Å². The number of carbonyl (C=O) groups is 1. The SMILES string of the molecule is CN(C(=O)c1cc(F)cc(F)c1)c1ccc(CN)cc1. The predicted octanol–water partition coefficient (Wildman–Crippen LogP) is 2.70. The van der Waals surface area contributed by atoms with Crippen LogP contribution >= 0.6 is 0 Å². The summed E-state index contributed by atoms with van der Waals surface area (Å²) in [4.78, 5) is 13.5. The number of nitrogens with zero attached hydrogens (tertiary/aromatic N) is 1. The van der Waals surface area contributed by atoms with E-state index in [0.29, 0.717) is 12.2 Å². The molecule has 0 aromatic heterocycles. The van der Waals surface area contributed by atoms with E-state index in [4.69, 9.17) is 5.73 Å². The third kappa shape index (κ3) is 3.00. The van der Waals surface area contributed by atoms with Gasteiger partial charge in [0.1, 0.15) is 11.6 Å². The van der Waals surface area contributed by atoms with Crippen LogP contribution in [-0.2, 0) is 6.54 Å². The molecule has 2 rings (SSSR count). The smallest absolute Gasteiger partial charge is 0.258 e. The van der Waals surface area contributed by atoms with Crippen LogP contribution in [0.3, 0.4) is 0 Å². The second kappa shape index (κ2) is 5.79. The van der Waals surface area contributed by atoms with Crippen molar-refractivity contribution in [1.29, 1.82) is 0 Å². The van der Waals surface area contributed by atoms with Gasteiger partial charge in [0.2, 0.25) is 0 Å². The van der Waals surface area contributed by atoms with E-state index in [9.17, 15) is 13.6 Å². The van der Waals surface area contributed by atoms with Gasteiger partial charge in [0.25, 0.3) is 5.91 Å². The van der Waals surface area contributed by atoms with Crippen molar-refractivity contribution >= 4 is 11.6 Å². The first-order valence-corrected chi connectivity index (χ1v) is 6.04. The first-order valence-electron chi connectivity index (χ1n) is 6.04. The lowest BCUT2D eigenvalue weighted by Gasteiger charge is -2.17. The molecule has 0 bridgehead atoms. The molecule has 20 heavy (non-hydrogen) atoms. The van der Waals surface area contributed by atoms with Crippen molar-refractivity contribution in [1.82, 2.24) is 0 Å². The number of amides is 1. The highest BCUT2D eigenvalue weighted by atomic mass is 19.1. The molecule has 0 saturated heterocycles. The van der Waals surface area contributed by atoms with Gasteiger partial charge >= 0.3 is 0 Å². The van der Waals surface area contributed by atoms with Gasteiger partial charge in [-0.15, -0.1) is 0 Å². The van der Waals surface area contributed by atoms with E-state index in [2.05, 4.69) is 0 Å². The predicted molar refractivity (Wildman–Crippen MR) is 73.4 cm³/mol. The number of carbonyl (C=O) groups excluding carboxylic acids is 1. The average molecular weight is 276 g/mol. The molecule has 0 aliphatic rings. The molecule has 104 valence electrons. The molecule has 1 amide bonds. The minimum Gasteiger partial charge on any atom is -0.326 e. The summed E-state index contributed by atoms with van der Waals surface area (Å²) >= 11 is 0. The average Bonchev–Trinajstić information content (AvgIpc) is 2.45. The highest BCUT2D eigenvalue weighted by Gasteiger charge is 2.15. The number of nitrogens with two attached hydrogens (primary N) is 1. The summed E-state index contributed by atoms with van der Waals surface area (Å²) in [5, 5.41) is 0. The first-order chi connectivity index (χ1) is 9.51. The molecular formula is C15H14F2N2O. The lowest BCUT2D eigenvalue weighted by molar-refractivity contribution is 0.0992. The molecule has 2 N–H and O–H groups in total. The standard InChI is InChI=1S/C15H14F2N2O/c1-19(14-4-2-10(9-18)3-5-14)15(20)11-6-12(16)8-13(17)7-11/h2-8H,9,18H2,1H3. The maximum atomic E-state index is 13.1. The maximum Gasteiger partial charge on any atom is 0.258 e. The van der Waals surface area contributed by atoms with Crippen LogP contribution in [0.15, 0.2) is 42.5 Å². The molecule has 0 unspecified atom stereocenters. The van der Waals surface area contributed by atoms with Gasteiger partial charge in [-0.3, -0.25) is 4.79 Å². The summed E-state index contributed by atoms with van der Waals surface area (Å²) in [5.74, 6) is -2.04. The van der Waals surface area contributed by atoms with Crippen LogP contribution < -0.4 is 10.6 Å². The molecule has 2 aromatic carbocycles. The minimum absolute atomic E-state index is 0.0344. The van der Waals surface area contributed by atoms with Crippen molar-refractivity contribution in [3.63, 3.8) is 0 Å². The molecule has 0 atom stereocenters. The van der Waals surface area contributed by atoms with Gasteiger partial charge < -0.3 is 10.6 Å². The Balaban J connectivity index is 2.27. The fourth-order valence-corrected chi connectivity index (χ4v) is 1.84. The normalized spacial score (nSPS) is 10.4. The molecule has 5 heteroatoms. The lowest BCUT2D eigenvalue weighted by atomic mass is 10.1. The summed E-state index contributed by atoms with van der Waals surface area (Å²) in [6.07, 6.45) is 0. The zero-order valence-electron chi connectivity index (χ0n) is 10.9. The van der Waals surface area contributed by atoms with E-state index in [1.54, 1.807) is 31.3 Å². The number of rotatable bonds is 3. The van der Waals surface area contributed by atoms with Crippen molar-refractivity contribution in [3.8, 4) is 0 Å². The Morgan fingerprint density at radius 3 is 2.15 bits per heavy atom. The van der Waals surface area contributed by atoms with Crippen LogP contribution in [0.2, 0.25) is 0 Å². The molecule has 0 radical (unpaired) electrons. The maximum absolute atomic E-state index is 13.1. The van der Waals surface area contributed by atoms with Crippen molar-refractivity contribution in [2.24, 2.45) is 5.73 Å². The van der Waals surface area contributed by atoms with E-state index < -0.39 is 17.5 Å². The van der Waals surface area contributed by atoms with E-state index in [0.717, 1.165) is 23.8 Å². The van der Waals surface area contributed by atoms with Gasteiger partial charge in [0.05, 0.1) is 0 Å². The van der Waals surface area contributed by atoms with Crippen LogP contribution in [0.1, 0.15) is 15.9 Å². The van der Waals surface area contributed by atoms with Gasteiger partial charge in [-0.25, -0.2) is 8.78 Å². The van der Waals surface area contributed by atoms with Gasteiger partial charge in [-0.1, -0.05) is 12.1 Å². The van der Waals surface area contributed by atoms with E-state index in [-0.39, 0.29) is 5.56 Å². The number of halogens is 2. The van der Waals surface area contributed by atoms with Crippen molar-refractivity contribution in [2.45, 2.75) is 6.54 Å². The third-order valence-electron chi connectivity index (χ3n) is 2.97. The largest absolute Gasteiger partial charge is 0.326 e. The molecule has 0 aliphatic heterocycles. The molecular weight excluding hydrogens is 262 g/mol. The van der Waals surface area contributed by atoms with E-state index in [1.165, 1.54) is 4.90 Å². The Labute approximate surface area is 115 Å². The second-order valence-electron chi connectivity index (χ2n) is 4.39. The molecule has 3 nitrogen and oxygen atoms in total. The summed E-state index contributed by atoms with van der Waals surface area (Å²) in [6, 6.07) is 9.81. The molecule has 2 aromatic rings. The molecule has 0 aliphatic carbocycles. The lowest BCUT2D eigenvalue weighted by Crippen LogP contribution is -2.26. The second-order valence-corrected chi connectivity index (χ2v) is 4.39. The van der Waals surface area contributed by atoms with Crippen LogP contribution in [0.4, 0.5) is 14.5 Å². The molecule has 0 fully saturated rings. The molecule has 0 saturated carbocycles. The molecule has 0 spiro atoms. The number of hydrogen-bond acceptors (Lipinski definition) is 2. The van der Waals surface area contributed by atoms with Crippen molar-refractivity contribution in [3.05, 3.63) is 65.2 Å². The fraction of sp³-hybridized carbons (Fsp3) is 0.133. The van der Waals surface area contributed by atoms with Gasteiger partial charge in [0, 0.05) is 30.9 Å².